The molecular formula is C29H51P. The summed E-state index contributed by atoms with van der Waals surface area (Å²) in [6, 6.07) is 0. The van der Waals surface area contributed by atoms with Crippen molar-refractivity contribution in [2.75, 3.05) is 0 Å². The molecule has 5 rings (SSSR count). The first-order valence-electron chi connectivity index (χ1n) is 13.6. The van der Waals surface area contributed by atoms with Crippen LogP contribution in [0.4, 0.5) is 0 Å². The van der Waals surface area contributed by atoms with Crippen LogP contribution in [-0.4, -0.2) is 5.66 Å². The minimum atomic E-state index is 0.513. The lowest BCUT2D eigenvalue weighted by Crippen LogP contribution is -2.65. The molecule has 0 heterocycles. The fraction of sp³-hybridized carbons (Fsp3) is 1.00. The normalized spacial score (nSPS) is 56.8. The summed E-state index contributed by atoms with van der Waals surface area (Å²) in [6.45, 7) is 18.7. The van der Waals surface area contributed by atoms with Gasteiger partial charge in [-0.2, -0.15) is 0 Å². The highest BCUT2D eigenvalue weighted by Gasteiger charge is 2.68. The lowest BCUT2D eigenvalue weighted by atomic mass is 9.32. The molecule has 0 amide bonds. The van der Waals surface area contributed by atoms with Crippen LogP contribution in [-0.2, 0) is 0 Å². The molecule has 30 heavy (non-hydrogen) atoms. The molecule has 5 aliphatic rings. The Bertz CT molecular complexity index is 692. The fourth-order valence-electron chi connectivity index (χ4n) is 11.3. The summed E-state index contributed by atoms with van der Waals surface area (Å²) < 4.78 is 0. The Morgan fingerprint density at radius 2 is 1.27 bits per heavy atom. The molecule has 10 atom stereocenters. The van der Waals surface area contributed by atoms with E-state index in [1.807, 2.05) is 0 Å². The second kappa shape index (κ2) is 6.73. The molecular weight excluding hydrogens is 379 g/mol. The van der Waals surface area contributed by atoms with Gasteiger partial charge in [-0.1, -0.05) is 54.9 Å². The van der Waals surface area contributed by atoms with Crippen molar-refractivity contribution >= 4 is 9.24 Å². The maximum Gasteiger partial charge on any atom is -0.0179 e. The molecule has 0 aromatic heterocycles. The van der Waals surface area contributed by atoms with Crippen LogP contribution in [0.2, 0.25) is 0 Å². The molecule has 0 bridgehead atoms. The number of hydrogen-bond acceptors (Lipinski definition) is 0. The molecule has 0 aliphatic heterocycles. The molecule has 1 heteroatoms. The monoisotopic (exact) mass is 430 g/mol. The van der Waals surface area contributed by atoms with Crippen LogP contribution in [0.5, 0.6) is 0 Å². The van der Waals surface area contributed by atoms with E-state index in [2.05, 4.69) is 57.7 Å². The molecule has 0 saturated heterocycles. The molecule has 172 valence electrons. The summed E-state index contributed by atoms with van der Waals surface area (Å²) in [5.74, 6) is 4.86. The zero-order valence-electron chi connectivity index (χ0n) is 21.3. The lowest BCUT2D eigenvalue weighted by molar-refractivity contribution is -0.232. The first kappa shape index (κ1) is 22.2. The smallest absolute Gasteiger partial charge is 0.0179 e. The van der Waals surface area contributed by atoms with Gasteiger partial charge in [0.15, 0.2) is 0 Å². The van der Waals surface area contributed by atoms with Crippen molar-refractivity contribution in [3.63, 3.8) is 0 Å². The Morgan fingerprint density at radius 1 is 0.600 bits per heavy atom. The van der Waals surface area contributed by atoms with E-state index in [0.717, 1.165) is 35.2 Å². The predicted molar refractivity (Wildman–Crippen MR) is 134 cm³/mol. The number of fused-ring (bicyclic) bond motifs is 7. The molecule has 0 radical (unpaired) electrons. The summed E-state index contributed by atoms with van der Waals surface area (Å²) >= 11 is 0. The van der Waals surface area contributed by atoms with E-state index in [-0.39, 0.29) is 0 Å². The third-order valence-corrected chi connectivity index (χ3v) is 14.5. The summed E-state index contributed by atoms with van der Waals surface area (Å²) in [4.78, 5) is 0. The fourth-order valence-corrected chi connectivity index (χ4v) is 12.0. The molecule has 5 saturated carbocycles. The minimum absolute atomic E-state index is 0.513. The third-order valence-electron chi connectivity index (χ3n) is 13.2. The molecule has 0 spiro atoms. The van der Waals surface area contributed by atoms with Crippen molar-refractivity contribution in [2.45, 2.75) is 125 Å². The van der Waals surface area contributed by atoms with Crippen LogP contribution < -0.4 is 0 Å². The van der Waals surface area contributed by atoms with Crippen molar-refractivity contribution in [2.24, 2.45) is 56.7 Å². The SMILES string of the molecule is CC1(C)CCC[C@@]2(C)C1CC[C@]1(C)C2CCC2C3C(CCC(C)(C)[C@@H]3P)CC[C@]21C. The van der Waals surface area contributed by atoms with Gasteiger partial charge in [0, 0.05) is 0 Å². The van der Waals surface area contributed by atoms with E-state index < -0.39 is 0 Å². The van der Waals surface area contributed by atoms with E-state index in [0.29, 0.717) is 27.1 Å². The first-order chi connectivity index (χ1) is 13.9. The summed E-state index contributed by atoms with van der Waals surface area (Å²) in [5, 5.41) is 0. The zero-order valence-corrected chi connectivity index (χ0v) is 22.5. The van der Waals surface area contributed by atoms with Gasteiger partial charge in [0.25, 0.3) is 0 Å². The van der Waals surface area contributed by atoms with Crippen LogP contribution in [0.25, 0.3) is 0 Å². The summed E-state index contributed by atoms with van der Waals surface area (Å²) in [7, 11) is 3.40. The second-order valence-corrected chi connectivity index (χ2v) is 15.7. The van der Waals surface area contributed by atoms with Gasteiger partial charge in [0.2, 0.25) is 0 Å². The predicted octanol–water partition coefficient (Wildman–Crippen LogP) is 8.74. The summed E-state index contributed by atoms with van der Waals surface area (Å²) in [5.41, 5.74) is 3.61. The summed E-state index contributed by atoms with van der Waals surface area (Å²) in [6.07, 6.45) is 16.5. The maximum atomic E-state index is 3.40. The molecule has 5 fully saturated rings. The standard InChI is InChI=1S/C29H51P/c1-25(2)14-8-15-27(5)21(25)13-18-29(7)22(27)10-9-20-23-19(12-17-28(20,29)6)11-16-26(3,4)24(23)30/h19-24H,8-18,30H2,1-7H3/t19?,20?,21?,22?,23?,24-,27+,28-,29-/m1/s1. The topological polar surface area (TPSA) is 0 Å². The highest BCUT2D eigenvalue weighted by molar-refractivity contribution is 7.17. The van der Waals surface area contributed by atoms with Crippen molar-refractivity contribution in [3.05, 3.63) is 0 Å². The molecule has 6 unspecified atom stereocenters. The van der Waals surface area contributed by atoms with Crippen molar-refractivity contribution in [1.82, 2.24) is 0 Å². The highest BCUT2D eigenvalue weighted by atomic mass is 31.0. The van der Waals surface area contributed by atoms with E-state index in [4.69, 9.17) is 0 Å². The molecule has 0 aromatic carbocycles. The van der Waals surface area contributed by atoms with Crippen LogP contribution >= 0.6 is 9.24 Å². The molecule has 0 nitrogen and oxygen atoms in total. The molecule has 0 aromatic rings. The quantitative estimate of drug-likeness (QED) is 0.337. The molecule has 0 N–H and O–H groups in total. The van der Waals surface area contributed by atoms with Gasteiger partial charge in [-0.15, -0.1) is 9.24 Å². The van der Waals surface area contributed by atoms with Gasteiger partial charge < -0.3 is 0 Å². The van der Waals surface area contributed by atoms with E-state index >= 15 is 0 Å². The zero-order chi connectivity index (χ0) is 21.7. The third kappa shape index (κ3) is 2.74. The van der Waals surface area contributed by atoms with Crippen LogP contribution in [0.15, 0.2) is 0 Å². The van der Waals surface area contributed by atoms with E-state index in [9.17, 15) is 0 Å². The number of rotatable bonds is 0. The van der Waals surface area contributed by atoms with Gasteiger partial charge >= 0.3 is 0 Å². The van der Waals surface area contributed by atoms with Crippen LogP contribution in [0.3, 0.4) is 0 Å². The number of hydrogen-bond donors (Lipinski definition) is 0. The largest absolute Gasteiger partial charge is 0.134 e. The van der Waals surface area contributed by atoms with Crippen molar-refractivity contribution in [1.29, 1.82) is 0 Å². The van der Waals surface area contributed by atoms with Crippen LogP contribution in [0.1, 0.15) is 119 Å². The second-order valence-electron chi connectivity index (χ2n) is 14.9. The van der Waals surface area contributed by atoms with Gasteiger partial charge in [0.05, 0.1) is 0 Å². The minimum Gasteiger partial charge on any atom is -0.134 e. The van der Waals surface area contributed by atoms with E-state index in [1.165, 1.54) is 70.6 Å². The Morgan fingerprint density at radius 3 is 2.00 bits per heavy atom. The van der Waals surface area contributed by atoms with Gasteiger partial charge in [-0.05, 0) is 127 Å². The van der Waals surface area contributed by atoms with Gasteiger partial charge in [-0.25, -0.2) is 0 Å². The average Bonchev–Trinajstić information content (AvgIpc) is 2.64. The lowest BCUT2D eigenvalue weighted by Gasteiger charge is -2.73. The Balaban J connectivity index is 1.52. The highest BCUT2D eigenvalue weighted by Crippen LogP contribution is 2.75. The first-order valence-corrected chi connectivity index (χ1v) is 14.3. The maximum absolute atomic E-state index is 3.40. The van der Waals surface area contributed by atoms with Crippen molar-refractivity contribution < 1.29 is 0 Å². The Kier molecular flexibility index (Phi) is 4.99. The Hall–Kier alpha value is 0.430. The average molecular weight is 431 g/mol. The van der Waals surface area contributed by atoms with Crippen molar-refractivity contribution in [3.8, 4) is 0 Å². The van der Waals surface area contributed by atoms with Gasteiger partial charge in [0.1, 0.15) is 0 Å². The van der Waals surface area contributed by atoms with Crippen LogP contribution in [0, 0.1) is 56.7 Å². The van der Waals surface area contributed by atoms with Gasteiger partial charge in [-0.3, -0.25) is 0 Å². The Labute approximate surface area is 190 Å². The van der Waals surface area contributed by atoms with E-state index in [1.54, 1.807) is 0 Å². The molecule has 5 aliphatic carbocycles.